The standard InChI is InChI=1S/C20H19NO4S/c1-12-6-7-16-13(10-12)11-17(26-16)20(24)25-9-8-21-18(22)14-4-2-3-5-15(14)19(21)23/h2-5,11-12H,6-10H2,1H3/t12-/m1/s1. The number of thiophene rings is 1. The number of nitrogens with zero attached hydrogens (tertiary/aromatic N) is 1. The Morgan fingerprint density at radius 1 is 1.23 bits per heavy atom. The highest BCUT2D eigenvalue weighted by molar-refractivity contribution is 7.14. The van der Waals surface area contributed by atoms with E-state index in [1.54, 1.807) is 24.3 Å². The number of rotatable bonds is 4. The molecule has 0 N–H and O–H groups in total. The Hall–Kier alpha value is -2.47. The van der Waals surface area contributed by atoms with Crippen molar-refractivity contribution in [3.05, 3.63) is 56.8 Å². The molecule has 5 nitrogen and oxygen atoms in total. The van der Waals surface area contributed by atoms with E-state index in [1.807, 2.05) is 6.07 Å². The number of amides is 2. The molecule has 0 radical (unpaired) electrons. The summed E-state index contributed by atoms with van der Waals surface area (Å²) in [7, 11) is 0. The van der Waals surface area contributed by atoms with Crippen molar-refractivity contribution in [1.29, 1.82) is 0 Å². The van der Waals surface area contributed by atoms with E-state index in [-0.39, 0.29) is 30.9 Å². The summed E-state index contributed by atoms with van der Waals surface area (Å²) in [6.45, 7) is 2.30. The Labute approximate surface area is 155 Å². The molecule has 0 bridgehead atoms. The summed E-state index contributed by atoms with van der Waals surface area (Å²) in [5, 5.41) is 0. The van der Waals surface area contributed by atoms with Gasteiger partial charge in [-0.25, -0.2) is 4.79 Å². The monoisotopic (exact) mass is 369 g/mol. The molecule has 1 aliphatic carbocycles. The van der Waals surface area contributed by atoms with E-state index in [0.717, 1.165) is 24.2 Å². The normalized spacial score (nSPS) is 18.7. The van der Waals surface area contributed by atoms with Gasteiger partial charge in [0.15, 0.2) is 0 Å². The first-order chi connectivity index (χ1) is 12.5. The average molecular weight is 369 g/mol. The van der Waals surface area contributed by atoms with Crippen LogP contribution in [0.3, 0.4) is 0 Å². The van der Waals surface area contributed by atoms with Crippen LogP contribution in [0.15, 0.2) is 30.3 Å². The summed E-state index contributed by atoms with van der Waals surface area (Å²) in [6.07, 6.45) is 3.18. The quantitative estimate of drug-likeness (QED) is 0.613. The lowest BCUT2D eigenvalue weighted by Gasteiger charge is -2.16. The lowest BCUT2D eigenvalue weighted by atomic mass is 9.90. The number of imide groups is 1. The molecule has 6 heteroatoms. The second kappa shape index (κ2) is 6.68. The molecule has 26 heavy (non-hydrogen) atoms. The molecule has 2 aliphatic rings. The van der Waals surface area contributed by atoms with Crippen molar-refractivity contribution in [1.82, 2.24) is 4.90 Å². The van der Waals surface area contributed by atoms with E-state index >= 15 is 0 Å². The number of carbonyl (C=O) groups excluding carboxylic acids is 3. The van der Waals surface area contributed by atoms with Crippen LogP contribution >= 0.6 is 11.3 Å². The number of fused-ring (bicyclic) bond motifs is 2. The van der Waals surface area contributed by atoms with Crippen molar-refractivity contribution in [3.63, 3.8) is 0 Å². The Kier molecular flexibility index (Phi) is 4.36. The third kappa shape index (κ3) is 2.94. The van der Waals surface area contributed by atoms with Crippen LogP contribution in [0.25, 0.3) is 0 Å². The van der Waals surface area contributed by atoms with Gasteiger partial charge in [-0.3, -0.25) is 14.5 Å². The van der Waals surface area contributed by atoms with Crippen LogP contribution in [0.2, 0.25) is 0 Å². The van der Waals surface area contributed by atoms with E-state index in [4.69, 9.17) is 4.74 Å². The Bertz CT molecular complexity index is 866. The van der Waals surface area contributed by atoms with E-state index in [9.17, 15) is 14.4 Å². The zero-order chi connectivity index (χ0) is 18.3. The predicted octanol–water partition coefficient (Wildman–Crippen LogP) is 3.33. The smallest absolute Gasteiger partial charge is 0.348 e. The molecule has 1 aliphatic heterocycles. The van der Waals surface area contributed by atoms with Gasteiger partial charge in [-0.1, -0.05) is 19.1 Å². The molecular weight excluding hydrogens is 350 g/mol. The molecule has 0 spiro atoms. The Morgan fingerprint density at radius 3 is 2.62 bits per heavy atom. The second-order valence-electron chi connectivity index (χ2n) is 6.85. The molecule has 1 aromatic carbocycles. The molecule has 1 atom stereocenters. The molecule has 0 fully saturated rings. The molecule has 0 saturated carbocycles. The molecule has 4 rings (SSSR count). The molecular formula is C20H19NO4S. The summed E-state index contributed by atoms with van der Waals surface area (Å²) >= 11 is 1.50. The highest BCUT2D eigenvalue weighted by Crippen LogP contribution is 2.32. The van der Waals surface area contributed by atoms with Crippen LogP contribution in [0.5, 0.6) is 0 Å². The first-order valence-electron chi connectivity index (χ1n) is 8.78. The number of ether oxygens (including phenoxy) is 1. The van der Waals surface area contributed by atoms with Gasteiger partial charge in [-0.2, -0.15) is 0 Å². The largest absolute Gasteiger partial charge is 0.460 e. The van der Waals surface area contributed by atoms with Crippen molar-refractivity contribution in [2.45, 2.75) is 26.2 Å². The van der Waals surface area contributed by atoms with Crippen molar-refractivity contribution >= 4 is 29.1 Å². The number of hydrogen-bond donors (Lipinski definition) is 0. The second-order valence-corrected chi connectivity index (χ2v) is 7.99. The molecule has 134 valence electrons. The number of aryl methyl sites for hydroxylation is 1. The number of esters is 1. The van der Waals surface area contributed by atoms with Gasteiger partial charge < -0.3 is 4.74 Å². The average Bonchev–Trinajstić information content (AvgIpc) is 3.16. The summed E-state index contributed by atoms with van der Waals surface area (Å²) in [6, 6.07) is 8.66. The van der Waals surface area contributed by atoms with Crippen molar-refractivity contribution in [2.75, 3.05) is 13.2 Å². The van der Waals surface area contributed by atoms with Crippen LogP contribution in [0.4, 0.5) is 0 Å². The number of carbonyl (C=O) groups is 3. The first-order valence-corrected chi connectivity index (χ1v) is 9.60. The van der Waals surface area contributed by atoms with Gasteiger partial charge in [0, 0.05) is 4.88 Å². The molecule has 1 aromatic heterocycles. The van der Waals surface area contributed by atoms with Crippen LogP contribution in [0, 0.1) is 5.92 Å². The summed E-state index contributed by atoms with van der Waals surface area (Å²) in [5.74, 6) is -0.395. The number of benzene rings is 1. The summed E-state index contributed by atoms with van der Waals surface area (Å²) < 4.78 is 5.32. The zero-order valence-corrected chi connectivity index (χ0v) is 15.3. The molecule has 2 heterocycles. The topological polar surface area (TPSA) is 63.7 Å². The maximum Gasteiger partial charge on any atom is 0.348 e. The summed E-state index contributed by atoms with van der Waals surface area (Å²) in [5.41, 5.74) is 2.06. The lowest BCUT2D eigenvalue weighted by molar-refractivity contribution is 0.0424. The van der Waals surface area contributed by atoms with Crippen LogP contribution in [-0.4, -0.2) is 35.8 Å². The van der Waals surface area contributed by atoms with Gasteiger partial charge in [0.2, 0.25) is 0 Å². The van der Waals surface area contributed by atoms with Crippen molar-refractivity contribution in [2.24, 2.45) is 5.92 Å². The third-order valence-electron chi connectivity index (χ3n) is 4.96. The van der Waals surface area contributed by atoms with Crippen LogP contribution in [-0.2, 0) is 17.6 Å². The SMILES string of the molecule is C[C@@H]1CCc2sc(C(=O)OCCN3C(=O)c4ccccc4C3=O)cc2C1. The van der Waals surface area contributed by atoms with Gasteiger partial charge in [-0.15, -0.1) is 11.3 Å². The van der Waals surface area contributed by atoms with E-state index in [2.05, 4.69) is 6.92 Å². The lowest BCUT2D eigenvalue weighted by Crippen LogP contribution is -2.33. The van der Waals surface area contributed by atoms with Crippen LogP contribution < -0.4 is 0 Å². The highest BCUT2D eigenvalue weighted by atomic mass is 32.1. The molecule has 0 unspecified atom stereocenters. The molecule has 2 aromatic rings. The van der Waals surface area contributed by atoms with E-state index in [1.165, 1.54) is 21.8 Å². The fourth-order valence-corrected chi connectivity index (χ4v) is 4.65. The first kappa shape index (κ1) is 17.0. The van der Waals surface area contributed by atoms with Gasteiger partial charge in [0.1, 0.15) is 11.5 Å². The Morgan fingerprint density at radius 2 is 1.92 bits per heavy atom. The van der Waals surface area contributed by atoms with Gasteiger partial charge >= 0.3 is 5.97 Å². The van der Waals surface area contributed by atoms with Gasteiger partial charge in [0.05, 0.1) is 17.7 Å². The highest BCUT2D eigenvalue weighted by Gasteiger charge is 2.35. The van der Waals surface area contributed by atoms with Crippen molar-refractivity contribution in [3.8, 4) is 0 Å². The summed E-state index contributed by atoms with van der Waals surface area (Å²) in [4.78, 5) is 39.9. The molecule has 0 saturated heterocycles. The minimum atomic E-state index is -0.381. The van der Waals surface area contributed by atoms with E-state index < -0.39 is 0 Å². The zero-order valence-electron chi connectivity index (χ0n) is 14.5. The van der Waals surface area contributed by atoms with Crippen molar-refractivity contribution < 1.29 is 19.1 Å². The van der Waals surface area contributed by atoms with Gasteiger partial charge in [-0.05, 0) is 48.9 Å². The third-order valence-corrected chi connectivity index (χ3v) is 6.17. The fourth-order valence-electron chi connectivity index (χ4n) is 3.55. The fraction of sp³-hybridized carbons (Fsp3) is 0.350. The minimum absolute atomic E-state index is 0.00325. The maximum atomic E-state index is 12.3. The number of hydrogen-bond acceptors (Lipinski definition) is 5. The van der Waals surface area contributed by atoms with Crippen LogP contribution in [0.1, 0.15) is 54.2 Å². The van der Waals surface area contributed by atoms with E-state index in [0.29, 0.717) is 21.9 Å². The minimum Gasteiger partial charge on any atom is -0.460 e. The maximum absolute atomic E-state index is 12.3. The predicted molar refractivity (Wildman–Crippen MR) is 97.6 cm³/mol. The van der Waals surface area contributed by atoms with Gasteiger partial charge in [0.25, 0.3) is 11.8 Å². The molecule has 2 amide bonds. The Balaban J connectivity index is 1.36.